The maximum absolute atomic E-state index is 11.8. The summed E-state index contributed by atoms with van der Waals surface area (Å²) in [7, 11) is 0. The molecule has 0 aliphatic heterocycles. The second-order valence-electron chi connectivity index (χ2n) is 6.03. The van der Waals surface area contributed by atoms with Gasteiger partial charge in [0, 0.05) is 15.8 Å². The van der Waals surface area contributed by atoms with Crippen molar-refractivity contribution in [2.24, 2.45) is 0 Å². The third kappa shape index (κ3) is 4.53. The van der Waals surface area contributed by atoms with Crippen molar-refractivity contribution in [2.75, 3.05) is 5.32 Å². The number of aryl methyl sites for hydroxylation is 1. The number of nitrogens with one attached hydrogen (secondary N) is 1. The minimum atomic E-state index is -0.722. The maximum Gasteiger partial charge on any atom is 0.412 e. The van der Waals surface area contributed by atoms with Crippen LogP contribution in [-0.4, -0.2) is 16.6 Å². The highest BCUT2D eigenvalue weighted by Gasteiger charge is 2.21. The first-order valence-corrected chi connectivity index (χ1v) is 7.82. The molecule has 0 radical (unpaired) electrons. The molecule has 0 aliphatic rings. The third-order valence-corrected chi connectivity index (χ3v) is 3.90. The van der Waals surface area contributed by atoms with Gasteiger partial charge in [0.15, 0.2) is 0 Å². The number of carbonyl (C=O) groups excluding carboxylic acids is 1. The number of ether oxygens (including phenoxy) is 1. The molecule has 7 heteroatoms. The zero-order valence-corrected chi connectivity index (χ0v) is 14.2. The number of hydrogen-bond donors (Lipinski definition) is 1. The molecule has 0 unspecified atom stereocenters. The lowest BCUT2D eigenvalue weighted by Gasteiger charge is -2.19. The topological polar surface area (TPSA) is 81.5 Å². The predicted octanol–water partition coefficient (Wildman–Crippen LogP) is 4.98. The van der Waals surface area contributed by atoms with Crippen LogP contribution in [0.5, 0.6) is 0 Å². The smallest absolute Gasteiger partial charge is 0.412 e. The highest BCUT2D eigenvalue weighted by molar-refractivity contribution is 7.15. The second-order valence-corrected chi connectivity index (χ2v) is 7.31. The van der Waals surface area contributed by atoms with E-state index in [1.165, 1.54) is 12.1 Å². The van der Waals surface area contributed by atoms with E-state index in [1.807, 2.05) is 19.1 Å². The minimum Gasteiger partial charge on any atom is -0.444 e. The van der Waals surface area contributed by atoms with Crippen molar-refractivity contribution in [3.8, 4) is 10.4 Å². The van der Waals surface area contributed by atoms with E-state index in [0.29, 0.717) is 0 Å². The Morgan fingerprint density at radius 3 is 2.48 bits per heavy atom. The summed E-state index contributed by atoms with van der Waals surface area (Å²) in [6.45, 7) is 7.15. The van der Waals surface area contributed by atoms with Crippen LogP contribution in [0.2, 0.25) is 0 Å². The number of benzene rings is 1. The molecule has 122 valence electrons. The Balaban J connectivity index is 2.30. The van der Waals surface area contributed by atoms with Crippen molar-refractivity contribution in [1.82, 2.24) is 0 Å². The summed E-state index contributed by atoms with van der Waals surface area (Å²) in [5, 5.41) is 13.7. The quantitative estimate of drug-likeness (QED) is 0.634. The lowest BCUT2D eigenvalue weighted by atomic mass is 10.1. The normalized spacial score (nSPS) is 11.1. The molecule has 1 N–H and O–H groups in total. The molecule has 0 bridgehead atoms. The van der Waals surface area contributed by atoms with Crippen LogP contribution in [0.15, 0.2) is 30.3 Å². The SMILES string of the molecule is Cc1ccc(-c2ccc(NC(=O)OC(C)(C)C)c([N+](=O)[O-])c2)s1. The number of nitrogens with zero attached hydrogens (tertiary/aromatic N) is 1. The molecule has 0 saturated carbocycles. The number of hydrogen-bond acceptors (Lipinski definition) is 5. The summed E-state index contributed by atoms with van der Waals surface area (Å²) in [6, 6.07) is 8.59. The molecule has 1 aromatic heterocycles. The van der Waals surface area contributed by atoms with Crippen molar-refractivity contribution in [2.45, 2.75) is 33.3 Å². The van der Waals surface area contributed by atoms with Crippen LogP contribution < -0.4 is 5.32 Å². The van der Waals surface area contributed by atoms with Gasteiger partial charge in [0.2, 0.25) is 0 Å². The summed E-state index contributed by atoms with van der Waals surface area (Å²) in [6.07, 6.45) is -0.722. The Bertz CT molecular complexity index is 747. The first kappa shape index (κ1) is 17.0. The molecule has 0 aliphatic carbocycles. The number of nitro groups is 1. The van der Waals surface area contributed by atoms with Crippen LogP contribution in [0.3, 0.4) is 0 Å². The minimum absolute atomic E-state index is 0.112. The zero-order valence-electron chi connectivity index (χ0n) is 13.4. The lowest BCUT2D eigenvalue weighted by molar-refractivity contribution is -0.383. The molecule has 0 atom stereocenters. The largest absolute Gasteiger partial charge is 0.444 e. The van der Waals surface area contributed by atoms with Crippen LogP contribution in [0.4, 0.5) is 16.2 Å². The Morgan fingerprint density at radius 2 is 1.96 bits per heavy atom. The van der Waals surface area contributed by atoms with Gasteiger partial charge in [-0.25, -0.2) is 4.79 Å². The standard InChI is InChI=1S/C16H18N2O4S/c1-10-5-8-14(23-10)11-6-7-12(13(9-11)18(20)21)17-15(19)22-16(2,3)4/h5-9H,1-4H3,(H,17,19). The third-order valence-electron chi connectivity index (χ3n) is 2.85. The molecule has 1 aromatic carbocycles. The van der Waals surface area contributed by atoms with E-state index in [-0.39, 0.29) is 11.4 Å². The molecular weight excluding hydrogens is 316 g/mol. The fourth-order valence-electron chi connectivity index (χ4n) is 1.94. The molecule has 0 spiro atoms. The van der Waals surface area contributed by atoms with Crippen LogP contribution in [0.25, 0.3) is 10.4 Å². The Morgan fingerprint density at radius 1 is 1.26 bits per heavy atom. The fraction of sp³-hybridized carbons (Fsp3) is 0.312. The highest BCUT2D eigenvalue weighted by Crippen LogP contribution is 2.34. The monoisotopic (exact) mass is 334 g/mol. The molecular formula is C16H18N2O4S. The first-order chi connectivity index (χ1) is 10.7. The van der Waals surface area contributed by atoms with Crippen molar-refractivity contribution >= 4 is 28.8 Å². The molecule has 23 heavy (non-hydrogen) atoms. The predicted molar refractivity (Wildman–Crippen MR) is 91.0 cm³/mol. The van der Waals surface area contributed by atoms with E-state index in [1.54, 1.807) is 38.2 Å². The number of nitro benzene ring substituents is 1. The van der Waals surface area contributed by atoms with Crippen LogP contribution in [-0.2, 0) is 4.74 Å². The number of thiophene rings is 1. The summed E-state index contributed by atoms with van der Waals surface area (Å²) in [5.74, 6) is 0. The average molecular weight is 334 g/mol. The fourth-order valence-corrected chi connectivity index (χ4v) is 2.81. The maximum atomic E-state index is 11.8. The van der Waals surface area contributed by atoms with E-state index in [9.17, 15) is 14.9 Å². The van der Waals surface area contributed by atoms with Gasteiger partial charge in [-0.05, 0) is 51.5 Å². The molecule has 0 saturated heterocycles. The van der Waals surface area contributed by atoms with Crippen molar-refractivity contribution in [3.63, 3.8) is 0 Å². The van der Waals surface area contributed by atoms with E-state index < -0.39 is 16.6 Å². The summed E-state index contributed by atoms with van der Waals surface area (Å²) in [5.41, 5.74) is 0.0121. The van der Waals surface area contributed by atoms with Crippen molar-refractivity contribution < 1.29 is 14.5 Å². The van der Waals surface area contributed by atoms with E-state index in [0.717, 1.165) is 15.3 Å². The van der Waals surface area contributed by atoms with Gasteiger partial charge in [-0.15, -0.1) is 11.3 Å². The number of rotatable bonds is 3. The van der Waals surface area contributed by atoms with E-state index in [4.69, 9.17) is 4.74 Å². The van der Waals surface area contributed by atoms with Gasteiger partial charge in [0.25, 0.3) is 5.69 Å². The Hall–Kier alpha value is -2.41. The number of anilines is 1. The molecule has 0 fully saturated rings. The van der Waals surface area contributed by atoms with Crippen LogP contribution in [0.1, 0.15) is 25.6 Å². The molecule has 2 rings (SSSR count). The Kier molecular flexibility index (Phi) is 4.70. The molecule has 1 heterocycles. The number of carbonyl (C=O) groups is 1. The second kappa shape index (κ2) is 6.37. The van der Waals surface area contributed by atoms with Gasteiger partial charge in [0.05, 0.1) is 4.92 Å². The first-order valence-electron chi connectivity index (χ1n) is 7.01. The average Bonchev–Trinajstić information content (AvgIpc) is 2.83. The van der Waals surface area contributed by atoms with Crippen molar-refractivity contribution in [3.05, 3.63) is 45.3 Å². The van der Waals surface area contributed by atoms with Crippen molar-refractivity contribution in [1.29, 1.82) is 0 Å². The van der Waals surface area contributed by atoms with Crippen LogP contribution >= 0.6 is 11.3 Å². The summed E-state index contributed by atoms with van der Waals surface area (Å²) >= 11 is 1.55. The zero-order chi connectivity index (χ0) is 17.2. The van der Waals surface area contributed by atoms with Gasteiger partial charge >= 0.3 is 6.09 Å². The molecule has 2 aromatic rings. The van der Waals surface area contributed by atoms with E-state index >= 15 is 0 Å². The van der Waals surface area contributed by atoms with Gasteiger partial charge in [-0.2, -0.15) is 0 Å². The highest BCUT2D eigenvalue weighted by atomic mass is 32.1. The summed E-state index contributed by atoms with van der Waals surface area (Å²) < 4.78 is 5.12. The van der Waals surface area contributed by atoms with Gasteiger partial charge in [-0.3, -0.25) is 15.4 Å². The van der Waals surface area contributed by atoms with Gasteiger partial charge in [0.1, 0.15) is 11.3 Å². The Labute approximate surface area is 138 Å². The van der Waals surface area contributed by atoms with Crippen LogP contribution in [0, 0.1) is 17.0 Å². The van der Waals surface area contributed by atoms with Gasteiger partial charge in [-0.1, -0.05) is 6.07 Å². The molecule has 6 nitrogen and oxygen atoms in total. The van der Waals surface area contributed by atoms with Gasteiger partial charge < -0.3 is 4.74 Å². The molecule has 1 amide bonds. The summed E-state index contributed by atoms with van der Waals surface area (Å²) in [4.78, 5) is 24.6. The van der Waals surface area contributed by atoms with E-state index in [2.05, 4.69) is 5.32 Å². The lowest BCUT2D eigenvalue weighted by Crippen LogP contribution is -2.27. The number of amides is 1.